The molecule has 1 aliphatic rings. The number of benzene rings is 1. The molecule has 20 heavy (non-hydrogen) atoms. The Kier molecular flexibility index (Phi) is 3.72. The molecule has 0 saturated carbocycles. The average molecular weight is 335 g/mol. The fraction of sp³-hybridized carbons (Fsp3) is 0.333. The molecule has 5 heteroatoms. The molecule has 3 rings (SSSR count). The molecule has 0 aliphatic heterocycles. The Hall–Kier alpha value is -1.46. The van der Waals surface area contributed by atoms with Crippen LogP contribution in [0, 0.1) is 0 Å². The van der Waals surface area contributed by atoms with E-state index in [1.165, 1.54) is 11.1 Å². The number of nitrogens with one attached hydrogen (secondary N) is 1. The van der Waals surface area contributed by atoms with Crippen molar-refractivity contribution in [2.75, 3.05) is 7.11 Å². The van der Waals surface area contributed by atoms with Crippen molar-refractivity contribution in [1.82, 2.24) is 9.97 Å². The van der Waals surface area contributed by atoms with Crippen LogP contribution in [0.4, 0.5) is 0 Å². The highest BCUT2D eigenvalue weighted by Crippen LogP contribution is 2.32. The van der Waals surface area contributed by atoms with Gasteiger partial charge in [-0.25, -0.2) is 4.98 Å². The van der Waals surface area contributed by atoms with Crippen LogP contribution in [0.25, 0.3) is 0 Å². The Morgan fingerprint density at radius 2 is 2.00 bits per heavy atom. The molecule has 4 nitrogen and oxygen atoms in total. The number of hydrogen-bond donors (Lipinski definition) is 1. The Morgan fingerprint density at radius 1 is 1.35 bits per heavy atom. The summed E-state index contributed by atoms with van der Waals surface area (Å²) in [6.07, 6.45) is 1.85. The number of ether oxygens (including phenoxy) is 1. The van der Waals surface area contributed by atoms with Crippen molar-refractivity contribution in [3.8, 4) is 0 Å². The predicted molar refractivity (Wildman–Crippen MR) is 79.9 cm³/mol. The number of aromatic nitrogens is 2. The highest BCUT2D eigenvalue weighted by molar-refractivity contribution is 9.10. The zero-order chi connectivity index (χ0) is 14.1. The monoisotopic (exact) mass is 334 g/mol. The topological polar surface area (TPSA) is 55.0 Å². The second-order valence-electron chi connectivity index (χ2n) is 5.02. The van der Waals surface area contributed by atoms with Crippen molar-refractivity contribution in [2.24, 2.45) is 0 Å². The van der Waals surface area contributed by atoms with Crippen molar-refractivity contribution >= 4 is 15.9 Å². The maximum atomic E-state index is 12.0. The standard InChI is InChI=1S/C15H15BrN2O2/c1-20-8-12-13(16)15(19)18-14(17-12)11-6-9-4-2-3-5-10(9)7-11/h2-5,11H,6-8H2,1H3,(H,17,18,19). The molecule has 1 aromatic carbocycles. The van der Waals surface area contributed by atoms with Gasteiger partial charge in [0.25, 0.3) is 5.56 Å². The van der Waals surface area contributed by atoms with Gasteiger partial charge in [-0.15, -0.1) is 0 Å². The van der Waals surface area contributed by atoms with Gasteiger partial charge in [-0.3, -0.25) is 4.79 Å². The van der Waals surface area contributed by atoms with E-state index < -0.39 is 0 Å². The lowest BCUT2D eigenvalue weighted by molar-refractivity contribution is 0.180. The Morgan fingerprint density at radius 3 is 2.60 bits per heavy atom. The molecule has 1 aromatic heterocycles. The summed E-state index contributed by atoms with van der Waals surface area (Å²) < 4.78 is 5.55. The largest absolute Gasteiger partial charge is 0.378 e. The molecule has 0 unspecified atom stereocenters. The van der Waals surface area contributed by atoms with Crippen LogP contribution in [0.2, 0.25) is 0 Å². The molecule has 0 spiro atoms. The fourth-order valence-corrected chi connectivity index (χ4v) is 3.00. The van der Waals surface area contributed by atoms with Crippen molar-refractivity contribution in [1.29, 1.82) is 0 Å². The summed E-state index contributed by atoms with van der Waals surface area (Å²) in [5.74, 6) is 0.991. The van der Waals surface area contributed by atoms with E-state index in [0.29, 0.717) is 16.8 Å². The van der Waals surface area contributed by atoms with Crippen LogP contribution in [0.1, 0.15) is 28.6 Å². The molecule has 0 amide bonds. The van der Waals surface area contributed by atoms with E-state index in [2.05, 4.69) is 50.2 Å². The third-order valence-corrected chi connectivity index (χ3v) is 4.49. The van der Waals surface area contributed by atoms with Gasteiger partial charge in [-0.2, -0.15) is 0 Å². The second kappa shape index (κ2) is 5.50. The van der Waals surface area contributed by atoms with Gasteiger partial charge in [-0.05, 0) is 39.9 Å². The van der Waals surface area contributed by atoms with Crippen LogP contribution in [0.3, 0.4) is 0 Å². The lowest BCUT2D eigenvalue weighted by Gasteiger charge is -2.11. The number of H-pyrrole nitrogens is 1. The van der Waals surface area contributed by atoms with Crippen LogP contribution in [-0.2, 0) is 24.2 Å². The third-order valence-electron chi connectivity index (χ3n) is 3.67. The first kappa shape index (κ1) is 13.5. The molecule has 0 atom stereocenters. The molecule has 1 N–H and O–H groups in total. The lowest BCUT2D eigenvalue weighted by atomic mass is 10.1. The molecule has 0 fully saturated rings. The van der Waals surface area contributed by atoms with E-state index in [9.17, 15) is 4.79 Å². The van der Waals surface area contributed by atoms with Crippen molar-refractivity contribution in [3.63, 3.8) is 0 Å². The molecular weight excluding hydrogens is 320 g/mol. The van der Waals surface area contributed by atoms with Gasteiger partial charge < -0.3 is 9.72 Å². The number of rotatable bonds is 3. The van der Waals surface area contributed by atoms with Crippen molar-refractivity contribution in [3.05, 3.63) is 61.7 Å². The second-order valence-corrected chi connectivity index (χ2v) is 5.81. The molecule has 2 aromatic rings. The van der Waals surface area contributed by atoms with E-state index in [-0.39, 0.29) is 11.5 Å². The van der Waals surface area contributed by atoms with Gasteiger partial charge in [0, 0.05) is 13.0 Å². The normalized spacial score (nSPS) is 14.5. The Bertz CT molecular complexity index is 672. The van der Waals surface area contributed by atoms with Crippen LogP contribution in [0.15, 0.2) is 33.5 Å². The van der Waals surface area contributed by atoms with Gasteiger partial charge in [0.05, 0.1) is 12.3 Å². The van der Waals surface area contributed by atoms with Gasteiger partial charge >= 0.3 is 0 Å². The highest BCUT2D eigenvalue weighted by atomic mass is 79.9. The predicted octanol–water partition coefficient (Wildman–Crippen LogP) is 2.56. The number of halogens is 1. The molecule has 1 aliphatic carbocycles. The first-order valence-electron chi connectivity index (χ1n) is 6.53. The molecule has 0 bridgehead atoms. The Balaban J connectivity index is 1.95. The minimum absolute atomic E-state index is 0.141. The zero-order valence-electron chi connectivity index (χ0n) is 11.1. The smallest absolute Gasteiger partial charge is 0.265 e. The van der Waals surface area contributed by atoms with E-state index in [1.54, 1.807) is 7.11 Å². The first-order chi connectivity index (χ1) is 9.69. The summed E-state index contributed by atoms with van der Waals surface area (Å²) in [6, 6.07) is 8.38. The van der Waals surface area contributed by atoms with Gasteiger partial charge in [0.1, 0.15) is 10.3 Å². The summed E-state index contributed by atoms with van der Waals surface area (Å²) >= 11 is 3.27. The molecule has 0 saturated heterocycles. The summed E-state index contributed by atoms with van der Waals surface area (Å²) in [5, 5.41) is 0. The van der Waals surface area contributed by atoms with Crippen LogP contribution in [0.5, 0.6) is 0 Å². The Labute approximate surface area is 125 Å². The van der Waals surface area contributed by atoms with Gasteiger partial charge in [0.15, 0.2) is 0 Å². The summed E-state index contributed by atoms with van der Waals surface area (Å²) in [4.78, 5) is 19.4. The highest BCUT2D eigenvalue weighted by Gasteiger charge is 2.25. The average Bonchev–Trinajstić information content (AvgIpc) is 2.87. The molecule has 1 heterocycles. The summed E-state index contributed by atoms with van der Waals surface area (Å²) in [5.41, 5.74) is 3.20. The SMILES string of the molecule is COCc1nc(C2Cc3ccccc3C2)[nH]c(=O)c1Br. The minimum Gasteiger partial charge on any atom is -0.378 e. The van der Waals surface area contributed by atoms with Crippen molar-refractivity contribution in [2.45, 2.75) is 25.4 Å². The quantitative estimate of drug-likeness (QED) is 0.938. The van der Waals surface area contributed by atoms with Crippen molar-refractivity contribution < 1.29 is 4.74 Å². The van der Waals surface area contributed by atoms with E-state index >= 15 is 0 Å². The number of nitrogens with zero attached hydrogens (tertiary/aromatic N) is 1. The van der Waals surface area contributed by atoms with Gasteiger partial charge in [-0.1, -0.05) is 24.3 Å². The molecular formula is C15H15BrN2O2. The van der Waals surface area contributed by atoms with Crippen LogP contribution in [-0.4, -0.2) is 17.1 Å². The van der Waals surface area contributed by atoms with E-state index in [4.69, 9.17) is 4.74 Å². The number of fused-ring (bicyclic) bond motifs is 1. The van der Waals surface area contributed by atoms with Gasteiger partial charge in [0.2, 0.25) is 0 Å². The summed E-state index contributed by atoms with van der Waals surface area (Å²) in [6.45, 7) is 0.331. The first-order valence-corrected chi connectivity index (χ1v) is 7.32. The van der Waals surface area contributed by atoms with Crippen LogP contribution >= 0.6 is 15.9 Å². The summed E-state index contributed by atoms with van der Waals surface area (Å²) in [7, 11) is 1.60. The number of methoxy groups -OCH3 is 1. The molecule has 104 valence electrons. The maximum absolute atomic E-state index is 12.0. The third kappa shape index (κ3) is 2.43. The lowest BCUT2D eigenvalue weighted by Crippen LogP contribution is -2.18. The number of aromatic amines is 1. The molecule has 0 radical (unpaired) electrons. The van der Waals surface area contributed by atoms with E-state index in [1.807, 2.05) is 0 Å². The van der Waals surface area contributed by atoms with E-state index in [0.717, 1.165) is 18.7 Å². The minimum atomic E-state index is -0.141. The number of hydrogen-bond acceptors (Lipinski definition) is 3. The maximum Gasteiger partial charge on any atom is 0.265 e. The fourth-order valence-electron chi connectivity index (χ4n) is 2.70. The van der Waals surface area contributed by atoms with Crippen LogP contribution < -0.4 is 5.56 Å². The zero-order valence-corrected chi connectivity index (χ0v) is 12.7.